The fourth-order valence-corrected chi connectivity index (χ4v) is 5.23. The summed E-state index contributed by atoms with van der Waals surface area (Å²) in [6.07, 6.45) is 1.62. The average Bonchev–Trinajstić information content (AvgIpc) is 3.33. The van der Waals surface area contributed by atoms with E-state index >= 15 is 0 Å². The predicted molar refractivity (Wildman–Crippen MR) is 145 cm³/mol. The second-order valence-corrected chi connectivity index (χ2v) is 11.7. The van der Waals surface area contributed by atoms with Crippen LogP contribution in [0, 0.1) is 11.3 Å². The van der Waals surface area contributed by atoms with Gasteiger partial charge in [-0.2, -0.15) is 10.4 Å². The molecule has 11 heteroatoms. The van der Waals surface area contributed by atoms with Crippen molar-refractivity contribution in [3.63, 3.8) is 0 Å². The molecule has 1 fully saturated rings. The third-order valence-corrected chi connectivity index (χ3v) is 7.33. The monoisotopic (exact) mass is 532 g/mol. The number of nitrogens with zero attached hydrogens (tertiary/aromatic N) is 3. The van der Waals surface area contributed by atoms with Crippen LogP contribution in [0.3, 0.4) is 0 Å². The second kappa shape index (κ2) is 9.24. The number of ether oxygens (including phenoxy) is 2. The summed E-state index contributed by atoms with van der Waals surface area (Å²) < 4.78 is 13.1. The smallest absolute Gasteiger partial charge is 0.335 e. The third kappa shape index (κ3) is 4.65. The molecule has 1 aromatic carbocycles. The molecule has 2 unspecified atom stereocenters. The van der Waals surface area contributed by atoms with Gasteiger partial charge in [-0.05, 0) is 71.2 Å². The average molecular weight is 533 g/mol. The lowest BCUT2D eigenvalue weighted by Gasteiger charge is -2.39. The highest BCUT2D eigenvalue weighted by molar-refractivity contribution is 6.06. The molecule has 3 aromatic rings. The fraction of sp³-hybridized carbons (Fsp3) is 0.464. The summed E-state index contributed by atoms with van der Waals surface area (Å²) in [5, 5.41) is 21.0. The van der Waals surface area contributed by atoms with E-state index in [1.54, 1.807) is 31.5 Å². The molecule has 2 aromatic heterocycles. The van der Waals surface area contributed by atoms with Gasteiger partial charge >= 0.3 is 5.97 Å². The van der Waals surface area contributed by atoms with Crippen LogP contribution in [0.5, 0.6) is 0 Å². The first-order valence-electron chi connectivity index (χ1n) is 12.9. The molecular weight excluding hydrogens is 500 g/mol. The van der Waals surface area contributed by atoms with Crippen molar-refractivity contribution in [2.45, 2.75) is 76.5 Å². The number of aromatic amines is 1. The van der Waals surface area contributed by atoms with E-state index in [-0.39, 0.29) is 24.5 Å². The highest BCUT2D eigenvalue weighted by atomic mass is 16.6. The van der Waals surface area contributed by atoms with Crippen LogP contribution in [0.4, 0.5) is 17.2 Å². The number of H-pyrrole nitrogens is 1. The molecule has 0 radical (unpaired) electrons. The Balaban J connectivity index is 1.50. The number of carbonyl (C=O) groups is 2. The predicted octanol–water partition coefficient (Wildman–Crippen LogP) is 3.83. The van der Waals surface area contributed by atoms with E-state index in [0.29, 0.717) is 40.9 Å². The highest BCUT2D eigenvalue weighted by Gasteiger charge is 2.43. The van der Waals surface area contributed by atoms with Crippen LogP contribution in [0.1, 0.15) is 59.4 Å². The van der Waals surface area contributed by atoms with E-state index in [9.17, 15) is 19.6 Å². The lowest BCUT2D eigenvalue weighted by Crippen LogP contribution is -2.47. The minimum absolute atomic E-state index is 0.0491. The Morgan fingerprint density at radius 1 is 1.31 bits per heavy atom. The maximum atomic E-state index is 13.0. The number of aromatic nitrogens is 3. The van der Waals surface area contributed by atoms with Gasteiger partial charge in [-0.1, -0.05) is 6.07 Å². The number of nitriles is 1. The number of nitrogens with one attached hydrogen (secondary N) is 3. The van der Waals surface area contributed by atoms with Crippen LogP contribution < -0.4 is 16.2 Å². The number of carbonyl (C=O) groups excluding carboxylic acids is 2. The van der Waals surface area contributed by atoms with E-state index < -0.39 is 28.6 Å². The Hall–Kier alpha value is -4.17. The van der Waals surface area contributed by atoms with Crippen LogP contribution >= 0.6 is 0 Å². The number of anilines is 3. The Morgan fingerprint density at radius 2 is 2.08 bits per heavy atom. The van der Waals surface area contributed by atoms with E-state index in [1.165, 1.54) is 6.20 Å². The van der Waals surface area contributed by atoms with Crippen molar-refractivity contribution in [1.82, 2.24) is 14.8 Å². The normalized spacial score (nSPS) is 22.2. The van der Waals surface area contributed by atoms with Crippen LogP contribution in [-0.2, 0) is 30.0 Å². The van der Waals surface area contributed by atoms with Gasteiger partial charge in [0.1, 0.15) is 11.0 Å². The zero-order valence-electron chi connectivity index (χ0n) is 22.7. The molecule has 2 atom stereocenters. The van der Waals surface area contributed by atoms with E-state index in [0.717, 1.165) is 5.56 Å². The molecule has 2 aliphatic heterocycles. The Morgan fingerprint density at radius 3 is 2.74 bits per heavy atom. The molecule has 0 aliphatic carbocycles. The van der Waals surface area contributed by atoms with Crippen molar-refractivity contribution in [3.05, 3.63) is 46.4 Å². The van der Waals surface area contributed by atoms with Gasteiger partial charge in [0.2, 0.25) is 5.91 Å². The van der Waals surface area contributed by atoms with Crippen molar-refractivity contribution in [1.29, 1.82) is 5.26 Å². The highest BCUT2D eigenvalue weighted by Crippen LogP contribution is 2.40. The molecule has 4 heterocycles. The fourth-order valence-electron chi connectivity index (χ4n) is 5.23. The van der Waals surface area contributed by atoms with Crippen LogP contribution in [0.15, 0.2) is 35.3 Å². The number of pyridine rings is 1. The van der Waals surface area contributed by atoms with Crippen molar-refractivity contribution in [2.75, 3.05) is 17.2 Å². The molecule has 5 rings (SSSR count). The van der Waals surface area contributed by atoms with Crippen LogP contribution in [0.25, 0.3) is 10.9 Å². The van der Waals surface area contributed by atoms with Crippen molar-refractivity contribution in [2.24, 2.45) is 0 Å². The molecule has 11 nitrogen and oxygen atoms in total. The largest absolute Gasteiger partial charge is 0.458 e. The number of benzene rings is 1. The van der Waals surface area contributed by atoms with E-state index in [2.05, 4.69) is 21.7 Å². The molecule has 1 saturated heterocycles. The summed E-state index contributed by atoms with van der Waals surface area (Å²) in [6, 6.07) is 9.49. The number of amides is 1. The molecule has 0 saturated carbocycles. The first kappa shape index (κ1) is 26.4. The summed E-state index contributed by atoms with van der Waals surface area (Å²) in [5.41, 5.74) is 0.244. The van der Waals surface area contributed by atoms with E-state index in [4.69, 9.17) is 14.6 Å². The van der Waals surface area contributed by atoms with Gasteiger partial charge < -0.3 is 25.1 Å². The van der Waals surface area contributed by atoms with Crippen LogP contribution in [-0.4, -0.2) is 45.0 Å². The molecule has 3 N–H and O–H groups in total. The number of rotatable bonds is 5. The van der Waals surface area contributed by atoms with Gasteiger partial charge in [-0.25, -0.2) is 4.79 Å². The Bertz CT molecular complexity index is 1560. The summed E-state index contributed by atoms with van der Waals surface area (Å²) in [6.45, 7) is 9.17. The molecule has 1 amide bonds. The van der Waals surface area contributed by atoms with Gasteiger partial charge in [-0.15, -0.1) is 0 Å². The summed E-state index contributed by atoms with van der Waals surface area (Å²) in [7, 11) is 0. The van der Waals surface area contributed by atoms with Gasteiger partial charge in [0, 0.05) is 17.6 Å². The Kier molecular flexibility index (Phi) is 6.26. The molecule has 0 bridgehead atoms. The first-order valence-corrected chi connectivity index (χ1v) is 12.9. The van der Waals surface area contributed by atoms with Crippen molar-refractivity contribution >= 4 is 40.0 Å². The molecular formula is C28H32N6O5. The second-order valence-electron chi connectivity index (χ2n) is 11.7. The Labute approximate surface area is 225 Å². The molecule has 2 aliphatic rings. The standard InChI is InChI=1S/C28H32N6O5/c1-26(2,3)39-24(36)20-8-10-28(11-12-29,15-38-20)34-19-9-13-30-23(35)21(19)22(33-34)31-16-6-7-17-18(14-16)32-25(37)27(17,4)5/h6-7,9,13-14,20H,8,10-11,15H2,1-5H3,(H,30,35)(H,31,33)(H,32,37). The molecule has 204 valence electrons. The maximum absolute atomic E-state index is 13.0. The molecule has 39 heavy (non-hydrogen) atoms. The van der Waals surface area contributed by atoms with Crippen LogP contribution in [0.2, 0.25) is 0 Å². The summed E-state index contributed by atoms with van der Waals surface area (Å²) >= 11 is 0. The van der Waals surface area contributed by atoms with Gasteiger partial charge in [0.05, 0.1) is 35.6 Å². The lowest BCUT2D eigenvalue weighted by molar-refractivity contribution is -0.176. The number of fused-ring (bicyclic) bond motifs is 2. The number of hydrogen-bond donors (Lipinski definition) is 3. The minimum atomic E-state index is -0.894. The quantitative estimate of drug-likeness (QED) is 0.420. The lowest BCUT2D eigenvalue weighted by atomic mass is 9.86. The molecule has 0 spiro atoms. The zero-order chi connectivity index (χ0) is 28.2. The van der Waals surface area contributed by atoms with Crippen molar-refractivity contribution < 1.29 is 19.1 Å². The first-order chi connectivity index (χ1) is 18.3. The minimum Gasteiger partial charge on any atom is -0.458 e. The topological polar surface area (TPSA) is 151 Å². The summed E-state index contributed by atoms with van der Waals surface area (Å²) in [5.74, 6) is -0.215. The number of hydrogen-bond acceptors (Lipinski definition) is 8. The SMILES string of the molecule is CC(C)(C)OC(=O)C1CCC(CC#N)(n2nc(Nc3ccc4c(c3)NC(=O)C4(C)C)c3c(=O)[nH]ccc32)CO1. The zero-order valence-corrected chi connectivity index (χ0v) is 22.7. The van der Waals surface area contributed by atoms with E-state index in [1.807, 2.05) is 32.0 Å². The van der Waals surface area contributed by atoms with Gasteiger partial charge in [0.15, 0.2) is 11.9 Å². The maximum Gasteiger partial charge on any atom is 0.335 e. The van der Waals surface area contributed by atoms with Gasteiger partial charge in [0.25, 0.3) is 5.56 Å². The summed E-state index contributed by atoms with van der Waals surface area (Å²) in [4.78, 5) is 40.7. The third-order valence-electron chi connectivity index (χ3n) is 7.33. The van der Waals surface area contributed by atoms with Gasteiger partial charge in [-0.3, -0.25) is 14.3 Å². The number of esters is 1. The van der Waals surface area contributed by atoms with Crippen molar-refractivity contribution in [3.8, 4) is 6.07 Å².